The number of nitrogens with two attached hydrogens (primary N) is 1. The third-order valence-electron chi connectivity index (χ3n) is 3.81. The van der Waals surface area contributed by atoms with E-state index < -0.39 is 0 Å². The van der Waals surface area contributed by atoms with E-state index in [1.54, 1.807) is 0 Å². The van der Waals surface area contributed by atoms with Gasteiger partial charge in [-0.15, -0.1) is 0 Å². The van der Waals surface area contributed by atoms with Gasteiger partial charge < -0.3 is 0 Å². The highest BCUT2D eigenvalue weighted by molar-refractivity contribution is 5.00. The molecule has 0 aliphatic rings. The van der Waals surface area contributed by atoms with E-state index in [0.29, 0.717) is 6.04 Å². The summed E-state index contributed by atoms with van der Waals surface area (Å²) in [6, 6.07) is 2.51. The Labute approximate surface area is 117 Å². The molecule has 110 valence electrons. The molecule has 0 bridgehead atoms. The van der Waals surface area contributed by atoms with Crippen LogP contribution in [0, 0.1) is 0 Å². The van der Waals surface area contributed by atoms with Crippen molar-refractivity contribution in [2.75, 3.05) is 0 Å². The molecule has 4 nitrogen and oxygen atoms in total. The summed E-state index contributed by atoms with van der Waals surface area (Å²) in [6.45, 7) is 2.26. The van der Waals surface area contributed by atoms with Gasteiger partial charge >= 0.3 is 0 Å². The smallest absolute Gasteiger partial charge is 0.0492 e. The third kappa shape index (κ3) is 6.73. The number of unbranched alkanes of at least 4 members (excludes halogenated alkanes) is 5. The van der Waals surface area contributed by atoms with Gasteiger partial charge in [0.1, 0.15) is 0 Å². The second-order valence-electron chi connectivity index (χ2n) is 5.40. The van der Waals surface area contributed by atoms with Crippen molar-refractivity contribution in [3.05, 3.63) is 18.0 Å². The van der Waals surface area contributed by atoms with Crippen LogP contribution in [0.2, 0.25) is 0 Å². The number of nitrogens with one attached hydrogen (secondary N) is 1. The van der Waals surface area contributed by atoms with Crippen molar-refractivity contribution in [3.8, 4) is 0 Å². The van der Waals surface area contributed by atoms with Gasteiger partial charge in [-0.2, -0.15) is 5.10 Å². The van der Waals surface area contributed by atoms with Crippen LogP contribution in [0.15, 0.2) is 12.3 Å². The average Bonchev–Trinajstić information content (AvgIpc) is 2.83. The summed E-state index contributed by atoms with van der Waals surface area (Å²) >= 11 is 0. The van der Waals surface area contributed by atoms with Crippen LogP contribution in [0.3, 0.4) is 0 Å². The molecule has 1 heterocycles. The molecule has 1 rings (SSSR count). The van der Waals surface area contributed by atoms with Crippen LogP contribution in [-0.2, 0) is 13.5 Å². The topological polar surface area (TPSA) is 55.9 Å². The Hall–Kier alpha value is -0.870. The zero-order valence-electron chi connectivity index (χ0n) is 12.6. The fourth-order valence-corrected chi connectivity index (χ4v) is 2.45. The first-order valence-corrected chi connectivity index (χ1v) is 7.71. The lowest BCUT2D eigenvalue weighted by atomic mass is 10.0. The maximum Gasteiger partial charge on any atom is 0.0492 e. The predicted molar refractivity (Wildman–Crippen MR) is 80.6 cm³/mol. The molecule has 0 spiro atoms. The summed E-state index contributed by atoms with van der Waals surface area (Å²) in [4.78, 5) is 0. The second kappa shape index (κ2) is 9.98. The van der Waals surface area contributed by atoms with E-state index in [9.17, 15) is 0 Å². The molecule has 0 amide bonds. The maximum absolute atomic E-state index is 5.64. The molecule has 0 saturated carbocycles. The van der Waals surface area contributed by atoms with Gasteiger partial charge in [0.15, 0.2) is 0 Å². The van der Waals surface area contributed by atoms with Gasteiger partial charge in [-0.1, -0.05) is 45.4 Å². The van der Waals surface area contributed by atoms with Crippen LogP contribution in [0.25, 0.3) is 0 Å². The van der Waals surface area contributed by atoms with Crippen molar-refractivity contribution in [2.24, 2.45) is 12.9 Å². The fraction of sp³-hybridized carbons (Fsp3) is 0.800. The summed E-state index contributed by atoms with van der Waals surface area (Å²) in [7, 11) is 1.99. The van der Waals surface area contributed by atoms with Gasteiger partial charge in [0.2, 0.25) is 0 Å². The Morgan fingerprint density at radius 1 is 1.21 bits per heavy atom. The molecule has 4 heteroatoms. The molecule has 0 aliphatic heterocycles. The molecule has 0 aliphatic carbocycles. The molecule has 1 unspecified atom stereocenters. The van der Waals surface area contributed by atoms with Crippen molar-refractivity contribution >= 4 is 0 Å². The average molecular weight is 266 g/mol. The summed E-state index contributed by atoms with van der Waals surface area (Å²) < 4.78 is 1.94. The van der Waals surface area contributed by atoms with Crippen molar-refractivity contribution in [3.63, 3.8) is 0 Å². The molecule has 0 radical (unpaired) electrons. The Morgan fingerprint density at radius 3 is 2.58 bits per heavy atom. The molecular formula is C15H30N4. The zero-order valence-corrected chi connectivity index (χ0v) is 12.6. The van der Waals surface area contributed by atoms with E-state index >= 15 is 0 Å². The van der Waals surface area contributed by atoms with Crippen LogP contribution in [0.1, 0.15) is 64.0 Å². The Morgan fingerprint density at radius 2 is 1.95 bits per heavy atom. The molecule has 1 atom stereocenters. The van der Waals surface area contributed by atoms with Gasteiger partial charge in [-0.3, -0.25) is 16.0 Å². The van der Waals surface area contributed by atoms with Crippen molar-refractivity contribution < 1.29 is 0 Å². The summed E-state index contributed by atoms with van der Waals surface area (Å²) in [5.41, 5.74) is 4.24. The van der Waals surface area contributed by atoms with Gasteiger partial charge in [-0.05, 0) is 25.3 Å². The van der Waals surface area contributed by atoms with Gasteiger partial charge in [0.25, 0.3) is 0 Å². The summed E-state index contributed by atoms with van der Waals surface area (Å²) in [5.74, 6) is 5.64. The first-order valence-electron chi connectivity index (χ1n) is 7.71. The number of hydrazine groups is 1. The largest absolute Gasteiger partial charge is 0.273 e. The van der Waals surface area contributed by atoms with Crippen LogP contribution < -0.4 is 11.3 Å². The minimum atomic E-state index is 0.432. The van der Waals surface area contributed by atoms with Gasteiger partial charge in [0, 0.05) is 25.0 Å². The number of rotatable bonds is 11. The van der Waals surface area contributed by atoms with Crippen LogP contribution in [0.4, 0.5) is 0 Å². The Balaban J connectivity index is 2.10. The molecule has 0 fully saturated rings. The summed E-state index contributed by atoms with van der Waals surface area (Å²) in [6.07, 6.45) is 13.2. The molecule has 1 aromatic heterocycles. The van der Waals surface area contributed by atoms with Gasteiger partial charge in [0.05, 0.1) is 0 Å². The van der Waals surface area contributed by atoms with Crippen molar-refractivity contribution in [1.29, 1.82) is 0 Å². The first kappa shape index (κ1) is 16.2. The molecule has 1 aromatic rings. The quantitative estimate of drug-likeness (QED) is 0.368. The highest BCUT2D eigenvalue weighted by atomic mass is 15.3. The molecule has 0 saturated heterocycles. The second-order valence-corrected chi connectivity index (χ2v) is 5.40. The first-order chi connectivity index (χ1) is 9.27. The minimum absolute atomic E-state index is 0.432. The van der Waals surface area contributed by atoms with Crippen LogP contribution >= 0.6 is 0 Å². The highest BCUT2D eigenvalue weighted by Crippen LogP contribution is 2.12. The van der Waals surface area contributed by atoms with Crippen LogP contribution in [0.5, 0.6) is 0 Å². The fourth-order valence-electron chi connectivity index (χ4n) is 2.45. The number of aromatic nitrogens is 2. The molecule has 19 heavy (non-hydrogen) atoms. The molecule has 0 aromatic carbocycles. The van der Waals surface area contributed by atoms with E-state index in [1.807, 2.05) is 17.9 Å². The van der Waals surface area contributed by atoms with E-state index in [2.05, 4.69) is 23.5 Å². The number of nitrogens with zero attached hydrogens (tertiary/aromatic N) is 2. The van der Waals surface area contributed by atoms with Crippen LogP contribution in [-0.4, -0.2) is 15.8 Å². The van der Waals surface area contributed by atoms with Crippen molar-refractivity contribution in [2.45, 2.75) is 70.8 Å². The Kier molecular flexibility index (Phi) is 8.50. The molecular weight excluding hydrogens is 236 g/mol. The third-order valence-corrected chi connectivity index (χ3v) is 3.81. The van der Waals surface area contributed by atoms with E-state index in [4.69, 9.17) is 5.84 Å². The lowest BCUT2D eigenvalue weighted by Crippen LogP contribution is -2.35. The van der Waals surface area contributed by atoms with Crippen molar-refractivity contribution in [1.82, 2.24) is 15.2 Å². The number of aryl methyl sites for hydroxylation is 2. The maximum atomic E-state index is 5.64. The minimum Gasteiger partial charge on any atom is -0.273 e. The zero-order chi connectivity index (χ0) is 13.9. The normalized spacial score (nSPS) is 12.8. The lowest BCUT2D eigenvalue weighted by molar-refractivity contribution is 0.434. The number of hydrogen-bond donors (Lipinski definition) is 2. The lowest BCUT2D eigenvalue weighted by Gasteiger charge is -2.15. The Bertz CT molecular complexity index is 322. The van der Waals surface area contributed by atoms with E-state index in [0.717, 1.165) is 12.8 Å². The van der Waals surface area contributed by atoms with E-state index in [1.165, 1.54) is 50.6 Å². The standard InChI is InChI=1S/C15H30N4/c1-3-4-5-6-7-8-9-14(18-16)10-11-15-12-13-17-19(15)2/h12-14,18H,3-11,16H2,1-2H3. The van der Waals surface area contributed by atoms with Gasteiger partial charge in [-0.25, -0.2) is 0 Å². The molecule has 3 N–H and O–H groups in total. The highest BCUT2D eigenvalue weighted by Gasteiger charge is 2.08. The number of hydrogen-bond acceptors (Lipinski definition) is 3. The summed E-state index contributed by atoms with van der Waals surface area (Å²) in [5, 5.41) is 4.19. The monoisotopic (exact) mass is 266 g/mol. The predicted octanol–water partition coefficient (Wildman–Crippen LogP) is 2.94. The SMILES string of the molecule is CCCCCCCCC(CCc1ccnn1C)NN. The van der Waals surface area contributed by atoms with E-state index in [-0.39, 0.29) is 0 Å².